The molecule has 1 amide bonds. The molecule has 0 aliphatic heterocycles. The average molecular weight is 684 g/mol. The smallest absolute Gasteiger partial charge is 0.428 e. The summed E-state index contributed by atoms with van der Waals surface area (Å²) in [7, 11) is 0. The lowest BCUT2D eigenvalue weighted by Gasteiger charge is -2.37. The second-order valence-corrected chi connectivity index (χ2v) is 11.6. The Hall–Kier alpha value is -4.55. The molecule has 1 unspecified atom stereocenters. The summed E-state index contributed by atoms with van der Waals surface area (Å²) < 4.78 is 144. The zero-order valence-corrected chi connectivity index (χ0v) is 24.9. The van der Waals surface area contributed by atoms with Crippen LogP contribution < -0.4 is 10.1 Å². The number of alkyl halides is 7. The molecule has 13 heteroatoms. The first-order valence-corrected chi connectivity index (χ1v) is 14.8. The first kappa shape index (κ1) is 34.8. The van der Waals surface area contributed by atoms with Gasteiger partial charge in [0.15, 0.2) is 0 Å². The Balaban J connectivity index is 1.76. The zero-order valence-electron chi connectivity index (χ0n) is 24.9. The van der Waals surface area contributed by atoms with Crippen LogP contribution in [0.4, 0.5) is 43.9 Å². The van der Waals surface area contributed by atoms with Crippen LogP contribution in [0.3, 0.4) is 0 Å². The molecule has 0 spiro atoms. The Bertz CT molecular complexity index is 1770. The number of amides is 1. The summed E-state index contributed by atoms with van der Waals surface area (Å²) >= 11 is 0. The number of benzene rings is 4. The minimum Gasteiger partial charge on any atom is -0.428 e. The highest BCUT2D eigenvalue weighted by Crippen LogP contribution is 2.42. The molecule has 0 bridgehead atoms. The van der Waals surface area contributed by atoms with Gasteiger partial charge in [0, 0.05) is 18.1 Å². The molecule has 3 nitrogen and oxygen atoms in total. The van der Waals surface area contributed by atoms with E-state index in [2.05, 4.69) is 10.1 Å². The van der Waals surface area contributed by atoms with Gasteiger partial charge in [0.25, 0.3) is 5.91 Å². The van der Waals surface area contributed by atoms with Crippen molar-refractivity contribution in [2.75, 3.05) is 0 Å². The molecule has 254 valence electrons. The number of halogens is 10. The summed E-state index contributed by atoms with van der Waals surface area (Å²) in [6, 6.07) is 15.3. The third-order valence-electron chi connectivity index (χ3n) is 8.33. The minimum atomic E-state index is -5.18. The minimum absolute atomic E-state index is 0.0679. The van der Waals surface area contributed by atoms with Crippen LogP contribution in [0.1, 0.15) is 69.8 Å². The second kappa shape index (κ2) is 13.5. The van der Waals surface area contributed by atoms with Crippen LogP contribution in [-0.4, -0.2) is 18.4 Å². The SMILES string of the molecule is O=C(NC(Cc1ccccc1)(c1cc(F)cc(OC(F)(F)C(F)F)c1)c1ccc(F)c(C2CCCC2)c1)c1ccc(F)c(C(F)(F)F)c1. The molecule has 1 saturated carbocycles. The van der Waals surface area contributed by atoms with Gasteiger partial charge in [-0.2, -0.15) is 30.7 Å². The predicted molar refractivity (Wildman–Crippen MR) is 155 cm³/mol. The van der Waals surface area contributed by atoms with Crippen LogP contribution in [0.2, 0.25) is 0 Å². The van der Waals surface area contributed by atoms with Gasteiger partial charge >= 0.3 is 18.7 Å². The summed E-state index contributed by atoms with van der Waals surface area (Å²) in [5.74, 6) is -6.04. The molecule has 0 aromatic heterocycles. The van der Waals surface area contributed by atoms with Crippen molar-refractivity contribution in [3.8, 4) is 5.75 Å². The molecule has 1 N–H and O–H groups in total. The van der Waals surface area contributed by atoms with E-state index in [1.165, 1.54) is 12.1 Å². The maximum Gasteiger partial charge on any atom is 0.461 e. The molecule has 1 aliphatic rings. The highest BCUT2D eigenvalue weighted by Gasteiger charge is 2.45. The van der Waals surface area contributed by atoms with Crippen LogP contribution in [0.15, 0.2) is 84.9 Å². The third-order valence-corrected chi connectivity index (χ3v) is 8.33. The lowest BCUT2D eigenvalue weighted by atomic mass is 9.76. The highest BCUT2D eigenvalue weighted by atomic mass is 19.4. The Morgan fingerprint density at radius 1 is 0.792 bits per heavy atom. The lowest BCUT2D eigenvalue weighted by molar-refractivity contribution is -0.253. The van der Waals surface area contributed by atoms with E-state index < -0.39 is 64.5 Å². The van der Waals surface area contributed by atoms with Crippen molar-refractivity contribution < 1.29 is 53.4 Å². The number of carbonyl (C=O) groups is 1. The summed E-state index contributed by atoms with van der Waals surface area (Å²) in [6.45, 7) is 0. The maximum atomic E-state index is 15.3. The fourth-order valence-electron chi connectivity index (χ4n) is 6.04. The van der Waals surface area contributed by atoms with Crippen molar-refractivity contribution in [2.24, 2.45) is 0 Å². The number of hydrogen-bond donors (Lipinski definition) is 1. The third kappa shape index (κ3) is 7.44. The maximum absolute atomic E-state index is 15.3. The zero-order chi connectivity index (χ0) is 34.9. The van der Waals surface area contributed by atoms with E-state index in [0.29, 0.717) is 30.5 Å². The molecule has 0 saturated heterocycles. The number of carbonyl (C=O) groups excluding carboxylic acids is 1. The molecule has 0 heterocycles. The first-order valence-electron chi connectivity index (χ1n) is 14.8. The van der Waals surface area contributed by atoms with Gasteiger partial charge in [-0.3, -0.25) is 4.79 Å². The van der Waals surface area contributed by atoms with E-state index >= 15 is 8.78 Å². The van der Waals surface area contributed by atoms with Gasteiger partial charge in [-0.25, -0.2) is 13.2 Å². The molecule has 1 atom stereocenters. The Kier molecular flexibility index (Phi) is 9.79. The largest absolute Gasteiger partial charge is 0.461 e. The summed E-state index contributed by atoms with van der Waals surface area (Å²) in [6.07, 6.45) is -12.0. The van der Waals surface area contributed by atoms with Gasteiger partial charge in [-0.15, -0.1) is 0 Å². The molecular weight excluding hydrogens is 656 g/mol. The normalized spacial score (nSPS) is 15.4. The fourth-order valence-corrected chi connectivity index (χ4v) is 6.04. The van der Waals surface area contributed by atoms with Gasteiger partial charge in [0.2, 0.25) is 0 Å². The van der Waals surface area contributed by atoms with Crippen molar-refractivity contribution in [3.05, 3.63) is 136 Å². The van der Waals surface area contributed by atoms with Crippen LogP contribution in [0, 0.1) is 17.5 Å². The van der Waals surface area contributed by atoms with E-state index in [1.54, 1.807) is 30.3 Å². The van der Waals surface area contributed by atoms with Gasteiger partial charge in [-0.05, 0) is 83.5 Å². The monoisotopic (exact) mass is 683 g/mol. The van der Waals surface area contributed by atoms with Crippen LogP contribution in [0.25, 0.3) is 0 Å². The quantitative estimate of drug-likeness (QED) is 0.169. The Labute approximate surface area is 268 Å². The van der Waals surface area contributed by atoms with Crippen molar-refractivity contribution in [3.63, 3.8) is 0 Å². The van der Waals surface area contributed by atoms with Gasteiger partial charge in [-0.1, -0.05) is 49.2 Å². The molecular formula is C35H27F10NO2. The van der Waals surface area contributed by atoms with Crippen molar-refractivity contribution in [2.45, 2.75) is 62.3 Å². The Morgan fingerprint density at radius 3 is 2.10 bits per heavy atom. The van der Waals surface area contributed by atoms with E-state index in [4.69, 9.17) is 0 Å². The van der Waals surface area contributed by atoms with E-state index in [-0.39, 0.29) is 35.1 Å². The predicted octanol–water partition coefficient (Wildman–Crippen LogP) is 9.93. The number of ether oxygens (including phenoxy) is 1. The number of rotatable bonds is 10. The van der Waals surface area contributed by atoms with Crippen molar-refractivity contribution in [1.29, 1.82) is 0 Å². The molecule has 48 heavy (non-hydrogen) atoms. The highest BCUT2D eigenvalue weighted by molar-refractivity contribution is 5.95. The van der Waals surface area contributed by atoms with Crippen molar-refractivity contribution >= 4 is 5.91 Å². The summed E-state index contributed by atoms with van der Waals surface area (Å²) in [5.41, 5.74) is -4.10. The fraction of sp³-hybridized carbons (Fsp3) is 0.286. The van der Waals surface area contributed by atoms with Crippen molar-refractivity contribution in [1.82, 2.24) is 5.32 Å². The molecule has 1 aliphatic carbocycles. The van der Waals surface area contributed by atoms with Gasteiger partial charge in [0.05, 0.1) is 11.1 Å². The van der Waals surface area contributed by atoms with Crippen LogP contribution in [0.5, 0.6) is 5.75 Å². The summed E-state index contributed by atoms with van der Waals surface area (Å²) in [5, 5.41) is 2.59. The summed E-state index contributed by atoms with van der Waals surface area (Å²) in [4.78, 5) is 13.9. The number of hydrogen-bond acceptors (Lipinski definition) is 2. The average Bonchev–Trinajstić information content (AvgIpc) is 3.55. The van der Waals surface area contributed by atoms with Gasteiger partial charge in [0.1, 0.15) is 23.2 Å². The molecule has 1 fully saturated rings. The number of nitrogens with one attached hydrogen (secondary N) is 1. The second-order valence-electron chi connectivity index (χ2n) is 11.6. The Morgan fingerprint density at radius 2 is 1.46 bits per heavy atom. The molecule has 4 aromatic carbocycles. The molecule has 0 radical (unpaired) electrons. The van der Waals surface area contributed by atoms with Crippen LogP contribution in [-0.2, 0) is 18.1 Å². The van der Waals surface area contributed by atoms with Crippen LogP contribution >= 0.6 is 0 Å². The van der Waals surface area contributed by atoms with E-state index in [1.807, 2.05) is 0 Å². The van der Waals surface area contributed by atoms with Gasteiger partial charge < -0.3 is 10.1 Å². The first-order chi connectivity index (χ1) is 22.6. The topological polar surface area (TPSA) is 38.3 Å². The lowest BCUT2D eigenvalue weighted by Crippen LogP contribution is -2.49. The van der Waals surface area contributed by atoms with E-state index in [9.17, 15) is 39.9 Å². The standard InChI is InChI=1S/C35H27F10NO2/c36-25-15-24(16-26(18-25)48-35(44,45)32(39)40)33(19-20-6-2-1-3-7-20,23-11-13-29(37)27(17-23)21-8-4-5-9-21)46-31(47)22-10-12-30(38)28(14-22)34(41,42)43/h1-3,6-7,10-18,21,32H,4-5,8-9,19H2,(H,46,47). The molecule has 5 rings (SSSR count). The molecule has 4 aromatic rings. The van der Waals surface area contributed by atoms with E-state index in [0.717, 1.165) is 37.1 Å².